The zero-order valence-corrected chi connectivity index (χ0v) is 11.1. The quantitative estimate of drug-likeness (QED) is 0.789. The Hall–Kier alpha value is -1.06. The van der Waals surface area contributed by atoms with Crippen LogP contribution in [0.2, 0.25) is 5.02 Å². The predicted molar refractivity (Wildman–Crippen MR) is 69.9 cm³/mol. The van der Waals surface area contributed by atoms with Gasteiger partial charge in [-0.05, 0) is 18.2 Å². The van der Waals surface area contributed by atoms with Crippen molar-refractivity contribution >= 4 is 27.5 Å². The van der Waals surface area contributed by atoms with E-state index < -0.39 is 0 Å². The molecule has 0 aliphatic heterocycles. The van der Waals surface area contributed by atoms with Crippen molar-refractivity contribution in [1.29, 1.82) is 0 Å². The second kappa shape index (κ2) is 5.52. The minimum absolute atomic E-state index is 0.315. The van der Waals surface area contributed by atoms with Gasteiger partial charge in [0.15, 0.2) is 0 Å². The maximum Gasteiger partial charge on any atom is 0.128 e. The minimum atomic E-state index is -0.339. The van der Waals surface area contributed by atoms with E-state index in [9.17, 15) is 4.39 Å². The van der Waals surface area contributed by atoms with E-state index >= 15 is 0 Å². The van der Waals surface area contributed by atoms with Crippen LogP contribution in [0.5, 0.6) is 5.75 Å². The summed E-state index contributed by atoms with van der Waals surface area (Å²) in [4.78, 5) is 0. The highest BCUT2D eigenvalue weighted by atomic mass is 79.9. The van der Waals surface area contributed by atoms with E-state index in [0.717, 1.165) is 5.56 Å². The van der Waals surface area contributed by atoms with Crippen molar-refractivity contribution in [2.24, 2.45) is 0 Å². The fourth-order valence-electron chi connectivity index (χ4n) is 1.39. The molecular formula is C13H9BrClFO. The molecule has 2 aromatic carbocycles. The van der Waals surface area contributed by atoms with Gasteiger partial charge >= 0.3 is 0 Å². The summed E-state index contributed by atoms with van der Waals surface area (Å²) in [7, 11) is 0. The molecule has 0 N–H and O–H groups in total. The lowest BCUT2D eigenvalue weighted by Crippen LogP contribution is -1.96. The van der Waals surface area contributed by atoms with Crippen LogP contribution in [0.15, 0.2) is 46.9 Å². The van der Waals surface area contributed by atoms with E-state index in [1.54, 1.807) is 12.1 Å². The lowest BCUT2D eigenvalue weighted by molar-refractivity contribution is 0.304. The van der Waals surface area contributed by atoms with Crippen molar-refractivity contribution in [3.63, 3.8) is 0 Å². The third-order valence-electron chi connectivity index (χ3n) is 2.19. The minimum Gasteiger partial charge on any atom is -0.489 e. The molecule has 0 aromatic heterocycles. The average molecular weight is 316 g/mol. The topological polar surface area (TPSA) is 9.23 Å². The lowest BCUT2D eigenvalue weighted by Gasteiger charge is -2.08. The number of ether oxygens (including phenoxy) is 1. The highest BCUT2D eigenvalue weighted by molar-refractivity contribution is 9.10. The molecular weight excluding hydrogens is 306 g/mol. The van der Waals surface area contributed by atoms with Crippen molar-refractivity contribution < 1.29 is 9.13 Å². The first-order valence-electron chi connectivity index (χ1n) is 4.97. The van der Waals surface area contributed by atoms with Crippen molar-refractivity contribution in [1.82, 2.24) is 0 Å². The molecule has 0 heterocycles. The number of benzene rings is 2. The highest BCUT2D eigenvalue weighted by Crippen LogP contribution is 2.23. The third-order valence-corrected chi connectivity index (χ3v) is 3.01. The van der Waals surface area contributed by atoms with Gasteiger partial charge in [0.2, 0.25) is 0 Å². The summed E-state index contributed by atoms with van der Waals surface area (Å²) >= 11 is 9.20. The molecule has 2 aromatic rings. The van der Waals surface area contributed by atoms with Crippen LogP contribution in [0.3, 0.4) is 0 Å². The van der Waals surface area contributed by atoms with Crippen molar-refractivity contribution in [3.05, 3.63) is 63.3 Å². The van der Waals surface area contributed by atoms with Crippen LogP contribution < -0.4 is 4.74 Å². The highest BCUT2D eigenvalue weighted by Gasteiger charge is 2.03. The Bertz CT molecular complexity index is 510. The summed E-state index contributed by atoms with van der Waals surface area (Å²) in [5, 5.41) is 0.642. The molecule has 0 aliphatic carbocycles. The van der Waals surface area contributed by atoms with Gasteiger partial charge in [-0.2, -0.15) is 0 Å². The molecule has 0 fully saturated rings. The molecule has 0 spiro atoms. The predicted octanol–water partition coefficient (Wildman–Crippen LogP) is 4.82. The summed E-state index contributed by atoms with van der Waals surface area (Å²) in [6.45, 7) is 0.315. The van der Waals surface area contributed by atoms with Gasteiger partial charge < -0.3 is 4.74 Å². The van der Waals surface area contributed by atoms with Crippen LogP contribution in [0, 0.1) is 5.82 Å². The molecule has 0 saturated carbocycles. The van der Waals surface area contributed by atoms with Gasteiger partial charge in [-0.25, -0.2) is 4.39 Å². The van der Waals surface area contributed by atoms with Gasteiger partial charge in [0.05, 0.1) is 0 Å². The van der Waals surface area contributed by atoms with E-state index in [1.807, 2.05) is 18.2 Å². The molecule has 0 radical (unpaired) electrons. The zero-order chi connectivity index (χ0) is 12.3. The van der Waals surface area contributed by atoms with Gasteiger partial charge in [-0.15, -0.1) is 0 Å². The molecule has 17 heavy (non-hydrogen) atoms. The summed E-state index contributed by atoms with van der Waals surface area (Å²) in [6.07, 6.45) is 0. The SMILES string of the molecule is Fc1cc(Br)cc(OCc2ccccc2Cl)c1. The average Bonchev–Trinajstić information content (AvgIpc) is 2.27. The molecule has 4 heteroatoms. The molecule has 0 bridgehead atoms. The first kappa shape index (κ1) is 12.4. The van der Waals surface area contributed by atoms with Gasteiger partial charge in [-0.1, -0.05) is 45.7 Å². The van der Waals surface area contributed by atoms with E-state index in [2.05, 4.69) is 15.9 Å². The Morgan fingerprint density at radius 1 is 1.18 bits per heavy atom. The van der Waals surface area contributed by atoms with E-state index in [1.165, 1.54) is 12.1 Å². The van der Waals surface area contributed by atoms with Crippen molar-refractivity contribution in [2.75, 3.05) is 0 Å². The normalized spacial score (nSPS) is 10.3. The molecule has 0 aliphatic rings. The van der Waals surface area contributed by atoms with Gasteiger partial charge in [-0.3, -0.25) is 0 Å². The summed E-state index contributed by atoms with van der Waals surface area (Å²) in [5.41, 5.74) is 0.870. The van der Waals surface area contributed by atoms with E-state index in [0.29, 0.717) is 21.9 Å². The second-order valence-electron chi connectivity index (χ2n) is 3.49. The first-order valence-corrected chi connectivity index (χ1v) is 6.14. The Kier molecular flexibility index (Phi) is 4.02. The van der Waals surface area contributed by atoms with Gasteiger partial charge in [0, 0.05) is 21.1 Å². The van der Waals surface area contributed by atoms with Crippen LogP contribution in [0.4, 0.5) is 4.39 Å². The Labute approximate surface area is 112 Å². The van der Waals surface area contributed by atoms with Gasteiger partial charge in [0.1, 0.15) is 18.2 Å². The third kappa shape index (κ3) is 3.45. The van der Waals surface area contributed by atoms with E-state index in [-0.39, 0.29) is 5.82 Å². The largest absolute Gasteiger partial charge is 0.489 e. The number of hydrogen-bond donors (Lipinski definition) is 0. The Morgan fingerprint density at radius 2 is 1.94 bits per heavy atom. The maximum atomic E-state index is 13.1. The monoisotopic (exact) mass is 314 g/mol. The van der Waals surface area contributed by atoms with E-state index in [4.69, 9.17) is 16.3 Å². The number of hydrogen-bond acceptors (Lipinski definition) is 1. The summed E-state index contributed by atoms with van der Waals surface area (Å²) < 4.78 is 19.2. The molecule has 0 amide bonds. The molecule has 0 unspecified atom stereocenters. The molecule has 0 atom stereocenters. The van der Waals surface area contributed by atoms with Gasteiger partial charge in [0.25, 0.3) is 0 Å². The number of halogens is 3. The molecule has 88 valence electrons. The Morgan fingerprint density at radius 3 is 2.65 bits per heavy atom. The van der Waals surface area contributed by atoms with Crippen molar-refractivity contribution in [2.45, 2.75) is 6.61 Å². The second-order valence-corrected chi connectivity index (χ2v) is 4.81. The molecule has 0 saturated heterocycles. The van der Waals surface area contributed by atoms with Crippen molar-refractivity contribution in [3.8, 4) is 5.75 Å². The molecule has 1 nitrogen and oxygen atoms in total. The smallest absolute Gasteiger partial charge is 0.128 e. The summed E-state index contributed by atoms with van der Waals surface area (Å²) in [6, 6.07) is 11.8. The number of rotatable bonds is 3. The summed E-state index contributed by atoms with van der Waals surface area (Å²) in [5.74, 6) is 0.130. The van der Waals surface area contributed by atoms with Crippen LogP contribution in [0.1, 0.15) is 5.56 Å². The van der Waals surface area contributed by atoms with Crippen LogP contribution >= 0.6 is 27.5 Å². The Balaban J connectivity index is 2.10. The standard InChI is InChI=1S/C13H9BrClFO/c14-10-5-11(16)7-12(6-10)17-8-9-3-1-2-4-13(9)15/h1-7H,8H2. The fourth-order valence-corrected chi connectivity index (χ4v) is 2.02. The lowest BCUT2D eigenvalue weighted by atomic mass is 10.2. The first-order chi connectivity index (χ1) is 8.15. The zero-order valence-electron chi connectivity index (χ0n) is 8.79. The van der Waals surface area contributed by atoms with Crippen LogP contribution in [-0.4, -0.2) is 0 Å². The maximum absolute atomic E-state index is 13.1. The molecule has 2 rings (SSSR count). The van der Waals surface area contributed by atoms with Crippen LogP contribution in [-0.2, 0) is 6.61 Å². The fraction of sp³-hybridized carbons (Fsp3) is 0.0769. The van der Waals surface area contributed by atoms with Crippen LogP contribution in [0.25, 0.3) is 0 Å².